The quantitative estimate of drug-likeness (QED) is 0.556. The van der Waals surface area contributed by atoms with Gasteiger partial charge in [0.1, 0.15) is 0 Å². The van der Waals surface area contributed by atoms with Crippen molar-refractivity contribution in [2.75, 3.05) is 0 Å². The predicted molar refractivity (Wildman–Crippen MR) is 53.8 cm³/mol. The Morgan fingerprint density at radius 2 is 2.25 bits per heavy atom. The first-order chi connectivity index (χ1) is 7.58. The number of hydrogen-bond donors (Lipinski definition) is 0. The SMILES string of the molecule is Cn1nc(-c2cccc([N+](=O)[O-])c2)oc1=O. The Morgan fingerprint density at radius 1 is 1.50 bits per heavy atom. The smallest absolute Gasteiger partial charge is 0.388 e. The molecule has 0 aliphatic carbocycles. The van der Waals surface area contributed by atoms with Crippen molar-refractivity contribution < 1.29 is 9.34 Å². The zero-order valence-corrected chi connectivity index (χ0v) is 8.28. The fourth-order valence-electron chi connectivity index (χ4n) is 1.22. The van der Waals surface area contributed by atoms with Crippen LogP contribution >= 0.6 is 0 Å². The number of rotatable bonds is 2. The lowest BCUT2D eigenvalue weighted by Gasteiger charge is -1.94. The Balaban J connectivity index is 2.52. The molecule has 1 aromatic carbocycles. The van der Waals surface area contributed by atoms with Crippen LogP contribution in [0.3, 0.4) is 0 Å². The van der Waals surface area contributed by atoms with Gasteiger partial charge in [0.25, 0.3) is 5.69 Å². The van der Waals surface area contributed by atoms with Crippen LogP contribution in [0.1, 0.15) is 0 Å². The molecule has 0 radical (unpaired) electrons. The maximum atomic E-state index is 11.0. The van der Waals surface area contributed by atoms with Crippen LogP contribution in [-0.4, -0.2) is 14.7 Å². The molecule has 0 amide bonds. The summed E-state index contributed by atoms with van der Waals surface area (Å²) in [4.78, 5) is 21.1. The summed E-state index contributed by atoms with van der Waals surface area (Å²) in [6, 6.07) is 5.73. The van der Waals surface area contributed by atoms with E-state index in [1.54, 1.807) is 6.07 Å². The first-order valence-corrected chi connectivity index (χ1v) is 4.37. The fraction of sp³-hybridized carbons (Fsp3) is 0.111. The third kappa shape index (κ3) is 1.70. The zero-order valence-electron chi connectivity index (χ0n) is 8.28. The van der Waals surface area contributed by atoms with Crippen molar-refractivity contribution in [2.45, 2.75) is 0 Å². The number of aromatic nitrogens is 2. The van der Waals surface area contributed by atoms with Crippen molar-refractivity contribution in [3.05, 3.63) is 44.9 Å². The highest BCUT2D eigenvalue weighted by Gasteiger charge is 2.12. The molecule has 0 N–H and O–H groups in total. The van der Waals surface area contributed by atoms with Crippen LogP contribution in [0.25, 0.3) is 11.5 Å². The summed E-state index contributed by atoms with van der Waals surface area (Å²) >= 11 is 0. The van der Waals surface area contributed by atoms with Gasteiger partial charge < -0.3 is 4.42 Å². The monoisotopic (exact) mass is 221 g/mol. The molecule has 0 atom stereocenters. The lowest BCUT2D eigenvalue weighted by atomic mass is 10.2. The van der Waals surface area contributed by atoms with Gasteiger partial charge in [-0.1, -0.05) is 6.07 Å². The number of nitro benzene ring substituents is 1. The minimum absolute atomic E-state index is 0.0659. The van der Waals surface area contributed by atoms with Gasteiger partial charge in [-0.25, -0.2) is 4.79 Å². The number of nitro groups is 1. The molecule has 0 saturated heterocycles. The van der Waals surface area contributed by atoms with E-state index in [2.05, 4.69) is 5.10 Å². The molecule has 0 saturated carbocycles. The Labute approximate surface area is 89.1 Å². The van der Waals surface area contributed by atoms with Gasteiger partial charge in [0.05, 0.1) is 4.92 Å². The molecular weight excluding hydrogens is 214 g/mol. The number of aryl methyl sites for hydroxylation is 1. The minimum atomic E-state index is -0.610. The average Bonchev–Trinajstić information content (AvgIpc) is 2.59. The molecule has 0 unspecified atom stereocenters. The van der Waals surface area contributed by atoms with Gasteiger partial charge in [-0.2, -0.15) is 4.68 Å². The van der Waals surface area contributed by atoms with Crippen molar-refractivity contribution in [1.29, 1.82) is 0 Å². The van der Waals surface area contributed by atoms with E-state index in [9.17, 15) is 14.9 Å². The molecule has 0 fully saturated rings. The van der Waals surface area contributed by atoms with E-state index in [0.29, 0.717) is 5.56 Å². The summed E-state index contributed by atoms with van der Waals surface area (Å²) in [5.41, 5.74) is 0.317. The summed E-state index contributed by atoms with van der Waals surface area (Å²) in [5, 5.41) is 14.3. The standard InChI is InChI=1S/C9H7N3O4/c1-11-9(13)16-8(10-11)6-3-2-4-7(5-6)12(14)15/h2-5H,1H3. The highest BCUT2D eigenvalue weighted by atomic mass is 16.6. The molecular formula is C9H7N3O4. The molecule has 7 heteroatoms. The van der Waals surface area contributed by atoms with E-state index < -0.39 is 10.7 Å². The third-order valence-electron chi connectivity index (χ3n) is 1.99. The van der Waals surface area contributed by atoms with Gasteiger partial charge >= 0.3 is 5.76 Å². The molecule has 0 aliphatic heterocycles. The van der Waals surface area contributed by atoms with Crippen molar-refractivity contribution in [2.24, 2.45) is 7.05 Å². The lowest BCUT2D eigenvalue weighted by Crippen LogP contribution is -2.09. The van der Waals surface area contributed by atoms with E-state index in [1.165, 1.54) is 25.2 Å². The summed E-state index contributed by atoms with van der Waals surface area (Å²) in [6.07, 6.45) is 0. The predicted octanol–water partition coefficient (Wildman–Crippen LogP) is 0.948. The maximum Gasteiger partial charge on any atom is 0.437 e. The van der Waals surface area contributed by atoms with Crippen LogP contribution in [0.5, 0.6) is 0 Å². The van der Waals surface area contributed by atoms with Crippen LogP contribution in [0.15, 0.2) is 33.5 Å². The number of non-ortho nitro benzene ring substituents is 1. The Hall–Kier alpha value is -2.44. The van der Waals surface area contributed by atoms with Gasteiger partial charge in [-0.3, -0.25) is 10.1 Å². The fourth-order valence-corrected chi connectivity index (χ4v) is 1.22. The molecule has 0 spiro atoms. The van der Waals surface area contributed by atoms with Gasteiger partial charge in [0.2, 0.25) is 5.89 Å². The average molecular weight is 221 g/mol. The maximum absolute atomic E-state index is 11.0. The number of hydrogen-bond acceptors (Lipinski definition) is 5. The van der Waals surface area contributed by atoms with E-state index in [0.717, 1.165) is 4.68 Å². The number of benzene rings is 1. The van der Waals surface area contributed by atoms with Crippen molar-refractivity contribution in [3.8, 4) is 11.5 Å². The van der Waals surface area contributed by atoms with Crippen molar-refractivity contribution in [3.63, 3.8) is 0 Å². The van der Waals surface area contributed by atoms with E-state index in [-0.39, 0.29) is 11.6 Å². The van der Waals surface area contributed by atoms with Crippen LogP contribution in [0.2, 0.25) is 0 Å². The highest BCUT2D eigenvalue weighted by molar-refractivity contribution is 5.56. The summed E-state index contributed by atoms with van der Waals surface area (Å²) < 4.78 is 5.83. The van der Waals surface area contributed by atoms with Gasteiger partial charge in [-0.15, -0.1) is 5.10 Å². The van der Waals surface area contributed by atoms with E-state index >= 15 is 0 Å². The summed E-state index contributed by atoms with van der Waals surface area (Å²) in [5.74, 6) is -0.544. The van der Waals surface area contributed by atoms with Gasteiger partial charge in [0, 0.05) is 24.7 Å². The highest BCUT2D eigenvalue weighted by Crippen LogP contribution is 2.20. The largest absolute Gasteiger partial charge is 0.437 e. The van der Waals surface area contributed by atoms with Crippen LogP contribution in [-0.2, 0) is 7.05 Å². The molecule has 16 heavy (non-hydrogen) atoms. The molecule has 1 aromatic heterocycles. The molecule has 0 bridgehead atoms. The Bertz CT molecular complexity index is 599. The normalized spacial score (nSPS) is 10.3. The van der Waals surface area contributed by atoms with Crippen LogP contribution in [0, 0.1) is 10.1 Å². The topological polar surface area (TPSA) is 91.2 Å². The second-order valence-electron chi connectivity index (χ2n) is 3.10. The molecule has 1 heterocycles. The Morgan fingerprint density at radius 3 is 2.81 bits per heavy atom. The van der Waals surface area contributed by atoms with E-state index in [4.69, 9.17) is 4.42 Å². The molecule has 2 rings (SSSR count). The van der Waals surface area contributed by atoms with Crippen LogP contribution in [0.4, 0.5) is 5.69 Å². The first kappa shape index (κ1) is 10.1. The molecule has 82 valence electrons. The second-order valence-corrected chi connectivity index (χ2v) is 3.10. The minimum Gasteiger partial charge on any atom is -0.388 e. The molecule has 2 aromatic rings. The Kier molecular flexibility index (Phi) is 2.28. The number of nitrogens with zero attached hydrogens (tertiary/aromatic N) is 3. The van der Waals surface area contributed by atoms with Crippen molar-refractivity contribution in [1.82, 2.24) is 9.78 Å². The van der Waals surface area contributed by atoms with Crippen LogP contribution < -0.4 is 5.76 Å². The molecule has 0 aliphatic rings. The second kappa shape index (κ2) is 3.61. The summed E-state index contributed by atoms with van der Waals surface area (Å²) in [7, 11) is 1.44. The lowest BCUT2D eigenvalue weighted by molar-refractivity contribution is -0.384. The third-order valence-corrected chi connectivity index (χ3v) is 1.99. The van der Waals surface area contributed by atoms with E-state index in [1.807, 2.05) is 0 Å². The van der Waals surface area contributed by atoms with Crippen molar-refractivity contribution >= 4 is 5.69 Å². The molecule has 7 nitrogen and oxygen atoms in total. The summed E-state index contributed by atoms with van der Waals surface area (Å²) in [6.45, 7) is 0. The van der Waals surface area contributed by atoms with Gasteiger partial charge in [-0.05, 0) is 6.07 Å². The van der Waals surface area contributed by atoms with Gasteiger partial charge in [0.15, 0.2) is 0 Å². The zero-order chi connectivity index (χ0) is 11.7. The first-order valence-electron chi connectivity index (χ1n) is 4.37.